The van der Waals surface area contributed by atoms with E-state index in [2.05, 4.69) is 157 Å². The standard InChI is InChI=1S/C56H39N5O/c1-56(2)45-24-10-11-25-48(45)60-30-29-42-50-44(33-46(56)51(42)60)43-32-36(39-22-14-23-41-40-21-9-12-26-49(40)62-52(39)41)27-28-47(43)61(50)38-20-13-19-37(31-38)55-58-53(34-15-5-3-6-16-34)57-54(59-55)35-17-7-4-8-18-35/h3-28,31-33H,29-30H2,1-2H3. The Hall–Kier alpha value is -7.83. The van der Waals surface area contributed by atoms with Crippen LogP contribution < -0.4 is 4.90 Å². The molecular weight excluding hydrogens is 759 g/mol. The molecule has 2 aliphatic heterocycles. The molecule has 0 spiro atoms. The zero-order valence-electron chi connectivity index (χ0n) is 34.3. The highest BCUT2D eigenvalue weighted by molar-refractivity contribution is 6.15. The van der Waals surface area contributed by atoms with Gasteiger partial charge in [0.1, 0.15) is 11.2 Å². The third-order valence-corrected chi connectivity index (χ3v) is 13.3. The second-order valence-electron chi connectivity index (χ2n) is 17.1. The smallest absolute Gasteiger partial charge is 0.164 e. The van der Waals surface area contributed by atoms with Crippen molar-refractivity contribution in [2.45, 2.75) is 25.7 Å². The zero-order chi connectivity index (χ0) is 41.1. The fourth-order valence-electron chi connectivity index (χ4n) is 10.4. The molecule has 0 saturated carbocycles. The Balaban J connectivity index is 1.07. The van der Waals surface area contributed by atoms with Gasteiger partial charge in [0.05, 0.1) is 16.7 Å². The molecule has 6 heteroatoms. The van der Waals surface area contributed by atoms with Crippen LogP contribution in [0.2, 0.25) is 0 Å². The largest absolute Gasteiger partial charge is 0.455 e. The van der Waals surface area contributed by atoms with Gasteiger partial charge in [-0.3, -0.25) is 0 Å². The number of hydrogen-bond donors (Lipinski definition) is 0. The van der Waals surface area contributed by atoms with Crippen molar-refractivity contribution >= 4 is 55.1 Å². The van der Waals surface area contributed by atoms with Gasteiger partial charge >= 0.3 is 0 Å². The molecule has 11 aromatic rings. The first kappa shape index (κ1) is 35.0. The first-order valence-corrected chi connectivity index (χ1v) is 21.4. The second-order valence-corrected chi connectivity index (χ2v) is 17.1. The van der Waals surface area contributed by atoms with Crippen LogP contribution in [0.15, 0.2) is 180 Å². The van der Waals surface area contributed by atoms with Crippen LogP contribution in [-0.4, -0.2) is 26.1 Å². The lowest BCUT2D eigenvalue weighted by Gasteiger charge is -2.40. The topological polar surface area (TPSA) is 60.0 Å². The van der Waals surface area contributed by atoms with Gasteiger partial charge in [0.15, 0.2) is 17.5 Å². The minimum atomic E-state index is -0.187. The van der Waals surface area contributed by atoms with Crippen molar-refractivity contribution in [3.63, 3.8) is 0 Å². The Morgan fingerprint density at radius 3 is 1.97 bits per heavy atom. The average molecular weight is 798 g/mol. The summed E-state index contributed by atoms with van der Waals surface area (Å²) in [6.45, 7) is 5.72. The molecule has 6 nitrogen and oxygen atoms in total. The summed E-state index contributed by atoms with van der Waals surface area (Å²) in [5, 5.41) is 4.73. The summed E-state index contributed by atoms with van der Waals surface area (Å²) in [7, 11) is 0. The van der Waals surface area contributed by atoms with Gasteiger partial charge in [-0.15, -0.1) is 0 Å². The molecule has 62 heavy (non-hydrogen) atoms. The van der Waals surface area contributed by atoms with Gasteiger partial charge in [0, 0.05) is 72.7 Å². The first-order valence-electron chi connectivity index (χ1n) is 21.4. The van der Waals surface area contributed by atoms with Gasteiger partial charge in [-0.1, -0.05) is 147 Å². The van der Waals surface area contributed by atoms with Crippen molar-refractivity contribution in [1.29, 1.82) is 0 Å². The molecule has 294 valence electrons. The van der Waals surface area contributed by atoms with Crippen LogP contribution in [0.5, 0.6) is 0 Å². The van der Waals surface area contributed by atoms with Crippen molar-refractivity contribution < 1.29 is 4.42 Å². The van der Waals surface area contributed by atoms with E-state index in [1.165, 1.54) is 44.4 Å². The Morgan fingerprint density at radius 1 is 0.516 bits per heavy atom. The summed E-state index contributed by atoms with van der Waals surface area (Å²) >= 11 is 0. The van der Waals surface area contributed by atoms with E-state index in [4.69, 9.17) is 19.4 Å². The third kappa shape index (κ3) is 5.07. The van der Waals surface area contributed by atoms with Gasteiger partial charge in [0.25, 0.3) is 0 Å². The monoisotopic (exact) mass is 797 g/mol. The molecule has 0 bridgehead atoms. The molecule has 0 unspecified atom stereocenters. The lowest BCUT2D eigenvalue weighted by molar-refractivity contribution is 0.630. The second kappa shape index (κ2) is 13.1. The van der Waals surface area contributed by atoms with Crippen LogP contribution in [0.1, 0.15) is 30.5 Å². The number of para-hydroxylation sites is 3. The molecule has 0 saturated heterocycles. The van der Waals surface area contributed by atoms with Crippen LogP contribution in [0, 0.1) is 0 Å². The molecule has 0 aliphatic carbocycles. The summed E-state index contributed by atoms with van der Waals surface area (Å²) in [5.41, 5.74) is 16.9. The van der Waals surface area contributed by atoms with Crippen LogP contribution in [0.3, 0.4) is 0 Å². The van der Waals surface area contributed by atoms with Crippen molar-refractivity contribution in [3.05, 3.63) is 193 Å². The number of benzene rings is 8. The Labute approximate surface area is 358 Å². The highest BCUT2D eigenvalue weighted by Gasteiger charge is 2.41. The van der Waals surface area contributed by atoms with E-state index < -0.39 is 0 Å². The molecule has 8 aromatic carbocycles. The van der Waals surface area contributed by atoms with Crippen molar-refractivity contribution in [3.8, 4) is 51.0 Å². The van der Waals surface area contributed by atoms with Gasteiger partial charge < -0.3 is 13.9 Å². The predicted molar refractivity (Wildman–Crippen MR) is 252 cm³/mol. The van der Waals surface area contributed by atoms with Gasteiger partial charge in [0.2, 0.25) is 0 Å². The summed E-state index contributed by atoms with van der Waals surface area (Å²) in [6.07, 6.45) is 0.944. The Kier molecular flexibility index (Phi) is 7.38. The fraction of sp³-hybridized carbons (Fsp3) is 0.0893. The number of fused-ring (bicyclic) bond motifs is 9. The normalized spacial score (nSPS) is 13.9. The number of aromatic nitrogens is 4. The first-order chi connectivity index (χ1) is 30.5. The van der Waals surface area contributed by atoms with Gasteiger partial charge in [-0.2, -0.15) is 0 Å². The molecule has 2 aliphatic rings. The van der Waals surface area contributed by atoms with Crippen LogP contribution >= 0.6 is 0 Å². The fourth-order valence-corrected chi connectivity index (χ4v) is 10.4. The third-order valence-electron chi connectivity index (χ3n) is 13.3. The van der Waals surface area contributed by atoms with Gasteiger partial charge in [-0.05, 0) is 65.6 Å². The van der Waals surface area contributed by atoms with E-state index in [0.29, 0.717) is 17.5 Å². The zero-order valence-corrected chi connectivity index (χ0v) is 34.3. The number of anilines is 2. The summed E-state index contributed by atoms with van der Waals surface area (Å²) < 4.78 is 9.08. The van der Waals surface area contributed by atoms with E-state index in [-0.39, 0.29) is 5.41 Å². The van der Waals surface area contributed by atoms with E-state index in [1.807, 2.05) is 42.5 Å². The molecule has 0 N–H and O–H groups in total. The Morgan fingerprint density at radius 2 is 1.18 bits per heavy atom. The van der Waals surface area contributed by atoms with E-state index in [1.54, 1.807) is 0 Å². The average Bonchev–Trinajstić information content (AvgIpc) is 4.04. The van der Waals surface area contributed by atoms with Crippen molar-refractivity contribution in [2.75, 3.05) is 11.4 Å². The Bertz CT molecular complexity index is 3560. The predicted octanol–water partition coefficient (Wildman–Crippen LogP) is 13.9. The molecule has 0 fully saturated rings. The lowest BCUT2D eigenvalue weighted by atomic mass is 9.73. The molecule has 5 heterocycles. The summed E-state index contributed by atoms with van der Waals surface area (Å²) in [6, 6.07) is 62.3. The molecule has 0 amide bonds. The summed E-state index contributed by atoms with van der Waals surface area (Å²) in [4.78, 5) is 17.8. The van der Waals surface area contributed by atoms with Crippen molar-refractivity contribution in [2.24, 2.45) is 0 Å². The number of hydrogen-bond acceptors (Lipinski definition) is 5. The molecule has 0 atom stereocenters. The highest BCUT2D eigenvalue weighted by Crippen LogP contribution is 2.55. The van der Waals surface area contributed by atoms with Crippen LogP contribution in [-0.2, 0) is 11.8 Å². The maximum atomic E-state index is 6.59. The molecule has 0 radical (unpaired) electrons. The van der Waals surface area contributed by atoms with E-state index in [0.717, 1.165) is 73.9 Å². The quantitative estimate of drug-likeness (QED) is 0.174. The molecular formula is C56H39N5O. The summed E-state index contributed by atoms with van der Waals surface area (Å²) in [5.74, 6) is 1.92. The lowest BCUT2D eigenvalue weighted by Crippen LogP contribution is -2.31. The highest BCUT2D eigenvalue weighted by atomic mass is 16.3. The molecule has 13 rings (SSSR count). The maximum absolute atomic E-state index is 6.59. The maximum Gasteiger partial charge on any atom is 0.164 e. The number of furan rings is 1. The number of nitrogens with zero attached hydrogens (tertiary/aromatic N) is 5. The van der Waals surface area contributed by atoms with E-state index >= 15 is 0 Å². The number of rotatable bonds is 5. The molecule has 3 aromatic heterocycles. The van der Waals surface area contributed by atoms with E-state index in [9.17, 15) is 0 Å². The SMILES string of the molecule is CC1(C)c2ccccc2N2CCc3c2c1cc1c2cc(-c4cccc5c4oc4ccccc45)ccc2n(-c2cccc(-c4nc(-c5ccccc5)nc(-c5ccccc5)n4)c2)c31. The minimum absolute atomic E-state index is 0.187. The van der Waals surface area contributed by atoms with Crippen LogP contribution in [0.4, 0.5) is 11.4 Å². The minimum Gasteiger partial charge on any atom is -0.455 e. The van der Waals surface area contributed by atoms with Gasteiger partial charge in [-0.25, -0.2) is 15.0 Å². The van der Waals surface area contributed by atoms with Crippen molar-refractivity contribution in [1.82, 2.24) is 19.5 Å². The van der Waals surface area contributed by atoms with Crippen LogP contribution in [0.25, 0.3) is 94.7 Å².